The Morgan fingerprint density at radius 1 is 1.39 bits per heavy atom. The number of rotatable bonds is 5. The Morgan fingerprint density at radius 2 is 2.13 bits per heavy atom. The van der Waals surface area contributed by atoms with E-state index in [1.54, 1.807) is 4.90 Å². The average Bonchev–Trinajstić information content (AvgIpc) is 3.21. The van der Waals surface area contributed by atoms with Crippen molar-refractivity contribution in [3.8, 4) is 0 Å². The molecule has 3 rings (SSSR count). The number of hydrogen-bond acceptors (Lipinski definition) is 8. The molecule has 0 aromatic rings. The van der Waals surface area contributed by atoms with Crippen LogP contribution in [0, 0.1) is 0 Å². The number of hydroxylamine groups is 3. The van der Waals surface area contributed by atoms with Crippen molar-refractivity contribution in [3.05, 3.63) is 0 Å². The van der Waals surface area contributed by atoms with E-state index in [-0.39, 0.29) is 12.1 Å². The SMILES string of the molecule is C1CCNC1.CONC=O.O=C1N2CCCC(C2)N1OSOS. The largest absolute Gasteiger partial charge is 0.345 e. The van der Waals surface area contributed by atoms with Crippen molar-refractivity contribution < 1.29 is 22.3 Å². The Balaban J connectivity index is 0.000000218. The van der Waals surface area contributed by atoms with Gasteiger partial charge in [0, 0.05) is 13.1 Å². The van der Waals surface area contributed by atoms with Gasteiger partial charge < -0.3 is 10.2 Å². The molecule has 0 spiro atoms. The molecule has 1 unspecified atom stereocenters. The number of fused-ring (bicyclic) bond motifs is 2. The molecule has 0 aliphatic carbocycles. The van der Waals surface area contributed by atoms with E-state index in [2.05, 4.69) is 26.7 Å². The standard InChI is InChI=1S/C6H10N2O3S2.C4H9N.C2H5NO2/c9-6-7-3-1-2-5(4-7)8(6)10-13-11-12;1-2-4-5-3-1;1-5-3-2-4/h5,12H,1-4H2;5H,1-4H2;2H,1H3,(H,3,4). The first-order valence-electron chi connectivity index (χ1n) is 7.40. The van der Waals surface area contributed by atoms with E-state index in [1.807, 2.05) is 5.48 Å². The third-order valence-electron chi connectivity index (χ3n) is 3.45. The van der Waals surface area contributed by atoms with Crippen LogP contribution in [-0.4, -0.2) is 61.7 Å². The number of urea groups is 1. The molecule has 3 fully saturated rings. The lowest BCUT2D eigenvalue weighted by Gasteiger charge is -2.20. The monoisotopic (exact) mass is 368 g/mol. The van der Waals surface area contributed by atoms with Gasteiger partial charge in [-0.1, -0.05) is 0 Å². The molecular formula is C12H24N4O5S2. The molecule has 0 aromatic heterocycles. The quantitative estimate of drug-likeness (QED) is 0.287. The first kappa shape index (κ1) is 20.3. The van der Waals surface area contributed by atoms with E-state index < -0.39 is 0 Å². The molecule has 0 aromatic carbocycles. The summed E-state index contributed by atoms with van der Waals surface area (Å²) in [6, 6.07) is 0.109. The minimum Gasteiger partial charge on any atom is -0.321 e. The third-order valence-corrected chi connectivity index (χ3v) is 3.92. The summed E-state index contributed by atoms with van der Waals surface area (Å²) in [7, 11) is 1.37. The lowest BCUT2D eigenvalue weighted by molar-refractivity contribution is -0.118. The van der Waals surface area contributed by atoms with E-state index in [0.29, 0.717) is 18.7 Å². The van der Waals surface area contributed by atoms with Gasteiger partial charge in [0.05, 0.1) is 13.2 Å². The summed E-state index contributed by atoms with van der Waals surface area (Å²) in [4.78, 5) is 26.6. The van der Waals surface area contributed by atoms with Crippen LogP contribution < -0.4 is 10.8 Å². The van der Waals surface area contributed by atoms with E-state index in [9.17, 15) is 4.79 Å². The van der Waals surface area contributed by atoms with Gasteiger partial charge in [-0.3, -0.25) is 9.63 Å². The first-order chi connectivity index (χ1) is 11.2. The van der Waals surface area contributed by atoms with Crippen LogP contribution in [0.2, 0.25) is 0 Å². The summed E-state index contributed by atoms with van der Waals surface area (Å²) >= 11 is 4.21. The van der Waals surface area contributed by atoms with E-state index >= 15 is 0 Å². The molecule has 3 aliphatic rings. The lowest BCUT2D eigenvalue weighted by Crippen LogP contribution is -2.31. The zero-order chi connectivity index (χ0) is 16.9. The molecule has 11 heteroatoms. The molecule has 23 heavy (non-hydrogen) atoms. The average molecular weight is 368 g/mol. The molecule has 3 saturated heterocycles. The highest BCUT2D eigenvalue weighted by molar-refractivity contribution is 7.98. The van der Waals surface area contributed by atoms with Crippen LogP contribution in [0.5, 0.6) is 0 Å². The maximum atomic E-state index is 11.5. The fraction of sp³-hybridized carbons (Fsp3) is 0.833. The summed E-state index contributed by atoms with van der Waals surface area (Å²) in [5, 5.41) is 4.59. The number of carbonyl (C=O) groups is 2. The van der Waals surface area contributed by atoms with Crippen LogP contribution >= 0.6 is 25.2 Å². The lowest BCUT2D eigenvalue weighted by atomic mass is 10.1. The van der Waals surface area contributed by atoms with Crippen molar-refractivity contribution in [2.75, 3.05) is 33.3 Å². The van der Waals surface area contributed by atoms with Gasteiger partial charge in [0.2, 0.25) is 6.41 Å². The topological polar surface area (TPSA) is 92.4 Å². The maximum absolute atomic E-state index is 11.5. The number of piperidine rings is 1. The summed E-state index contributed by atoms with van der Waals surface area (Å²) in [6.45, 7) is 4.10. The van der Waals surface area contributed by atoms with Crippen molar-refractivity contribution in [1.82, 2.24) is 20.8 Å². The van der Waals surface area contributed by atoms with Gasteiger partial charge in [0.25, 0.3) is 0 Å². The number of thiol groups is 1. The normalized spacial score (nSPS) is 22.0. The highest BCUT2D eigenvalue weighted by atomic mass is 32.2. The van der Waals surface area contributed by atoms with Crippen LogP contribution in [-0.2, 0) is 17.5 Å². The Labute approximate surface area is 146 Å². The minimum atomic E-state index is -0.0691. The molecule has 3 amide bonds. The van der Waals surface area contributed by atoms with Crippen molar-refractivity contribution in [2.45, 2.75) is 31.7 Å². The first-order valence-corrected chi connectivity index (χ1v) is 8.43. The summed E-state index contributed by atoms with van der Waals surface area (Å²) < 4.78 is 9.42. The second-order valence-electron chi connectivity index (χ2n) is 4.96. The molecule has 1 atom stereocenters. The van der Waals surface area contributed by atoms with Gasteiger partial charge >= 0.3 is 6.03 Å². The summed E-state index contributed by atoms with van der Waals surface area (Å²) in [6.07, 6.45) is 5.28. The Hall–Kier alpha value is -0.720. The highest BCUT2D eigenvalue weighted by Gasteiger charge is 2.41. The van der Waals surface area contributed by atoms with Crippen LogP contribution in [0.4, 0.5) is 4.79 Å². The second kappa shape index (κ2) is 12.7. The third kappa shape index (κ3) is 7.59. The van der Waals surface area contributed by atoms with Crippen LogP contribution in [0.25, 0.3) is 0 Å². The molecule has 2 N–H and O–H groups in total. The predicted octanol–water partition coefficient (Wildman–Crippen LogP) is 0.906. The molecule has 3 heterocycles. The van der Waals surface area contributed by atoms with E-state index in [1.165, 1.54) is 38.1 Å². The fourth-order valence-corrected chi connectivity index (χ4v) is 2.79. The maximum Gasteiger partial charge on any atom is 0.345 e. The smallest absolute Gasteiger partial charge is 0.321 e. The Kier molecular flexibility index (Phi) is 11.2. The number of nitrogens with one attached hydrogen (secondary N) is 2. The van der Waals surface area contributed by atoms with Crippen molar-refractivity contribution in [3.63, 3.8) is 0 Å². The van der Waals surface area contributed by atoms with Gasteiger partial charge in [0.15, 0.2) is 12.3 Å². The van der Waals surface area contributed by atoms with Crippen LogP contribution in [0.3, 0.4) is 0 Å². The van der Waals surface area contributed by atoms with E-state index in [4.69, 9.17) is 9.08 Å². The molecule has 0 saturated carbocycles. The van der Waals surface area contributed by atoms with Gasteiger partial charge in [-0.25, -0.2) is 13.9 Å². The fourth-order valence-electron chi connectivity index (χ4n) is 2.43. The number of nitrogens with zero attached hydrogens (tertiary/aromatic N) is 2. The van der Waals surface area contributed by atoms with Gasteiger partial charge in [0.1, 0.15) is 0 Å². The number of carbonyl (C=O) groups excluding carboxylic acids is 2. The molecular weight excluding hydrogens is 344 g/mol. The minimum absolute atomic E-state index is 0.0691. The molecule has 2 bridgehead atoms. The van der Waals surface area contributed by atoms with Crippen molar-refractivity contribution in [1.29, 1.82) is 0 Å². The molecule has 9 nitrogen and oxygen atoms in total. The highest BCUT2D eigenvalue weighted by Crippen LogP contribution is 2.28. The second-order valence-corrected chi connectivity index (χ2v) is 5.85. The van der Waals surface area contributed by atoms with Gasteiger partial charge in [-0.15, -0.1) is 0 Å². The van der Waals surface area contributed by atoms with Crippen LogP contribution in [0.15, 0.2) is 0 Å². The van der Waals surface area contributed by atoms with Gasteiger partial charge in [-0.05, 0) is 51.7 Å². The summed E-state index contributed by atoms with van der Waals surface area (Å²) in [5.41, 5.74) is 1.93. The zero-order valence-electron chi connectivity index (χ0n) is 13.1. The Morgan fingerprint density at radius 3 is 2.57 bits per heavy atom. The summed E-state index contributed by atoms with van der Waals surface area (Å²) in [5.74, 6) is 0. The zero-order valence-corrected chi connectivity index (χ0v) is 14.8. The van der Waals surface area contributed by atoms with Crippen molar-refractivity contribution in [2.24, 2.45) is 0 Å². The predicted molar refractivity (Wildman–Crippen MR) is 88.9 cm³/mol. The molecule has 0 radical (unpaired) electrons. The Bertz CT molecular complexity index is 342. The van der Waals surface area contributed by atoms with Crippen LogP contribution in [0.1, 0.15) is 25.7 Å². The van der Waals surface area contributed by atoms with Gasteiger partial charge in [-0.2, -0.15) is 9.35 Å². The molecule has 134 valence electrons. The van der Waals surface area contributed by atoms with E-state index in [0.717, 1.165) is 25.9 Å². The number of hydrogen-bond donors (Lipinski definition) is 3. The molecule has 3 aliphatic heterocycles. The van der Waals surface area contributed by atoms with Crippen molar-refractivity contribution >= 4 is 37.7 Å². The number of amides is 3.